The summed E-state index contributed by atoms with van der Waals surface area (Å²) in [6.45, 7) is 0.460. The molecule has 21 heavy (non-hydrogen) atoms. The molecule has 1 atom stereocenters. The lowest BCUT2D eigenvalue weighted by atomic mass is 9.87. The number of methoxy groups -OCH3 is 1. The van der Waals surface area contributed by atoms with E-state index >= 15 is 0 Å². The second kappa shape index (κ2) is 6.77. The second-order valence-corrected chi connectivity index (χ2v) is 7.86. The number of ether oxygens (including phenoxy) is 1. The smallest absolute Gasteiger partial charge is 0.214 e. The van der Waals surface area contributed by atoms with Crippen LogP contribution >= 0.6 is 0 Å². The molecule has 6 heteroatoms. The third kappa shape index (κ3) is 3.96. The van der Waals surface area contributed by atoms with E-state index in [1.807, 2.05) is 6.07 Å². The van der Waals surface area contributed by atoms with Gasteiger partial charge in [0, 0.05) is 26.7 Å². The predicted molar refractivity (Wildman–Crippen MR) is 84.1 cm³/mol. The molecular weight excluding hydrogens is 288 g/mol. The van der Waals surface area contributed by atoms with Gasteiger partial charge in [-0.05, 0) is 42.5 Å². The van der Waals surface area contributed by atoms with Crippen LogP contribution in [0.3, 0.4) is 0 Å². The first kappa shape index (κ1) is 16.3. The number of hydrogen-bond donors (Lipinski definition) is 1. The lowest BCUT2D eigenvalue weighted by molar-refractivity contribution is 0.409. The van der Waals surface area contributed by atoms with E-state index < -0.39 is 10.0 Å². The minimum absolute atomic E-state index is 0.121. The van der Waals surface area contributed by atoms with Gasteiger partial charge in [0.15, 0.2) is 0 Å². The summed E-state index contributed by atoms with van der Waals surface area (Å²) in [4.78, 5) is 0. The predicted octanol–water partition coefficient (Wildman–Crippen LogP) is 1.55. The number of fused-ring (bicyclic) bond motifs is 1. The van der Waals surface area contributed by atoms with Gasteiger partial charge in [-0.2, -0.15) is 0 Å². The SMILES string of the molecule is COc1ccc2c(c1)C(NCCS(=O)(=O)N(C)C)CCC2. The molecule has 0 heterocycles. The van der Waals surface area contributed by atoms with E-state index in [2.05, 4.69) is 17.4 Å². The first-order valence-electron chi connectivity index (χ1n) is 7.24. The van der Waals surface area contributed by atoms with Crippen molar-refractivity contribution in [1.29, 1.82) is 0 Å². The van der Waals surface area contributed by atoms with Crippen molar-refractivity contribution < 1.29 is 13.2 Å². The molecule has 0 fully saturated rings. The average Bonchev–Trinajstić information content (AvgIpc) is 2.46. The van der Waals surface area contributed by atoms with Crippen molar-refractivity contribution in [3.8, 4) is 5.75 Å². The lowest BCUT2D eigenvalue weighted by Crippen LogP contribution is -2.34. The maximum atomic E-state index is 11.8. The standard InChI is InChI=1S/C15H24N2O3S/c1-17(2)21(18,19)10-9-16-15-6-4-5-12-7-8-13(20-3)11-14(12)15/h7-8,11,15-16H,4-6,9-10H2,1-3H3. The van der Waals surface area contributed by atoms with Crippen molar-refractivity contribution in [3.63, 3.8) is 0 Å². The number of hydrogen-bond acceptors (Lipinski definition) is 4. The van der Waals surface area contributed by atoms with Crippen LogP contribution in [0.15, 0.2) is 18.2 Å². The van der Waals surface area contributed by atoms with Crippen molar-refractivity contribution >= 4 is 10.0 Å². The molecule has 1 N–H and O–H groups in total. The largest absolute Gasteiger partial charge is 0.497 e. The Kier molecular flexibility index (Phi) is 5.24. The number of aryl methyl sites for hydroxylation is 1. The van der Waals surface area contributed by atoms with Gasteiger partial charge in [-0.1, -0.05) is 6.07 Å². The first-order chi connectivity index (χ1) is 9.94. The molecule has 1 aliphatic carbocycles. The zero-order valence-electron chi connectivity index (χ0n) is 12.9. The van der Waals surface area contributed by atoms with Gasteiger partial charge in [0.2, 0.25) is 10.0 Å². The summed E-state index contributed by atoms with van der Waals surface area (Å²) < 4.78 is 30.1. The summed E-state index contributed by atoms with van der Waals surface area (Å²) in [5.74, 6) is 0.971. The fourth-order valence-corrected chi connectivity index (χ4v) is 3.40. The zero-order chi connectivity index (χ0) is 15.5. The van der Waals surface area contributed by atoms with Crippen LogP contribution in [0.4, 0.5) is 0 Å². The van der Waals surface area contributed by atoms with Gasteiger partial charge in [0.25, 0.3) is 0 Å². The Bertz CT molecular complexity index is 585. The Morgan fingerprint density at radius 3 is 2.81 bits per heavy atom. The summed E-state index contributed by atoms with van der Waals surface area (Å²) in [6, 6.07) is 6.37. The number of benzene rings is 1. The topological polar surface area (TPSA) is 58.6 Å². The van der Waals surface area contributed by atoms with E-state index in [9.17, 15) is 8.42 Å². The normalized spacial score (nSPS) is 18.6. The van der Waals surface area contributed by atoms with E-state index in [0.717, 1.165) is 25.0 Å². The molecule has 118 valence electrons. The van der Waals surface area contributed by atoms with Crippen LogP contribution in [0.1, 0.15) is 30.0 Å². The van der Waals surface area contributed by atoms with Gasteiger partial charge in [0.1, 0.15) is 5.75 Å². The van der Waals surface area contributed by atoms with Crippen LogP contribution in [0.25, 0.3) is 0 Å². The van der Waals surface area contributed by atoms with Gasteiger partial charge in [0.05, 0.1) is 12.9 Å². The molecule has 0 saturated carbocycles. The molecule has 1 aliphatic rings. The Balaban J connectivity index is 2.03. The van der Waals surface area contributed by atoms with E-state index in [1.54, 1.807) is 21.2 Å². The van der Waals surface area contributed by atoms with Crippen LogP contribution in [0.5, 0.6) is 5.75 Å². The van der Waals surface area contributed by atoms with Crippen molar-refractivity contribution in [1.82, 2.24) is 9.62 Å². The molecule has 0 aromatic heterocycles. The van der Waals surface area contributed by atoms with E-state index in [0.29, 0.717) is 6.54 Å². The van der Waals surface area contributed by atoms with E-state index in [-0.39, 0.29) is 11.8 Å². The third-order valence-electron chi connectivity index (χ3n) is 3.97. The summed E-state index contributed by atoms with van der Waals surface area (Å²) in [7, 11) is 1.65. The number of rotatable bonds is 6. The highest BCUT2D eigenvalue weighted by Crippen LogP contribution is 2.32. The molecule has 1 aromatic rings. The molecule has 0 spiro atoms. The molecule has 0 amide bonds. The Morgan fingerprint density at radius 2 is 2.14 bits per heavy atom. The lowest BCUT2D eigenvalue weighted by Gasteiger charge is -2.27. The fourth-order valence-electron chi connectivity index (χ4n) is 2.66. The van der Waals surface area contributed by atoms with Crippen molar-refractivity contribution in [2.45, 2.75) is 25.3 Å². The Morgan fingerprint density at radius 1 is 1.38 bits per heavy atom. The Labute approximate surface area is 127 Å². The minimum atomic E-state index is -3.14. The van der Waals surface area contributed by atoms with Crippen molar-refractivity contribution in [3.05, 3.63) is 29.3 Å². The van der Waals surface area contributed by atoms with Gasteiger partial charge in [-0.15, -0.1) is 0 Å². The average molecular weight is 312 g/mol. The highest BCUT2D eigenvalue weighted by Gasteiger charge is 2.21. The molecule has 1 unspecified atom stereocenters. The molecule has 1 aromatic carbocycles. The third-order valence-corrected chi connectivity index (χ3v) is 5.81. The fraction of sp³-hybridized carbons (Fsp3) is 0.600. The molecule has 0 aliphatic heterocycles. The van der Waals surface area contributed by atoms with Crippen LogP contribution in [-0.2, 0) is 16.4 Å². The molecule has 0 saturated heterocycles. The van der Waals surface area contributed by atoms with Gasteiger partial charge >= 0.3 is 0 Å². The summed E-state index contributed by atoms with van der Waals surface area (Å²) in [6.07, 6.45) is 3.23. The minimum Gasteiger partial charge on any atom is -0.497 e. The molecule has 0 radical (unpaired) electrons. The maximum absolute atomic E-state index is 11.8. The maximum Gasteiger partial charge on any atom is 0.214 e. The Hall–Kier alpha value is -1.11. The van der Waals surface area contributed by atoms with Gasteiger partial charge in [-0.25, -0.2) is 12.7 Å². The van der Waals surface area contributed by atoms with Crippen LogP contribution in [0, 0.1) is 0 Å². The summed E-state index contributed by atoms with van der Waals surface area (Å²) in [5.41, 5.74) is 2.57. The van der Waals surface area contributed by atoms with Crippen LogP contribution < -0.4 is 10.1 Å². The van der Waals surface area contributed by atoms with Crippen molar-refractivity contribution in [2.75, 3.05) is 33.5 Å². The summed E-state index contributed by atoms with van der Waals surface area (Å²) in [5, 5.41) is 3.38. The molecule has 5 nitrogen and oxygen atoms in total. The molecular formula is C15H24N2O3S. The quantitative estimate of drug-likeness (QED) is 0.866. The van der Waals surface area contributed by atoms with E-state index in [4.69, 9.17) is 4.74 Å². The van der Waals surface area contributed by atoms with Crippen molar-refractivity contribution in [2.24, 2.45) is 0 Å². The van der Waals surface area contributed by atoms with Gasteiger partial charge < -0.3 is 10.1 Å². The van der Waals surface area contributed by atoms with Crippen LogP contribution in [0.2, 0.25) is 0 Å². The second-order valence-electron chi connectivity index (χ2n) is 5.56. The summed E-state index contributed by atoms with van der Waals surface area (Å²) >= 11 is 0. The molecule has 2 rings (SSSR count). The van der Waals surface area contributed by atoms with E-state index in [1.165, 1.54) is 15.4 Å². The highest BCUT2D eigenvalue weighted by molar-refractivity contribution is 7.89. The number of nitrogens with one attached hydrogen (secondary N) is 1. The van der Waals surface area contributed by atoms with Crippen LogP contribution in [-0.4, -0.2) is 46.2 Å². The molecule has 0 bridgehead atoms. The highest BCUT2D eigenvalue weighted by atomic mass is 32.2. The van der Waals surface area contributed by atoms with Gasteiger partial charge in [-0.3, -0.25) is 0 Å². The zero-order valence-corrected chi connectivity index (χ0v) is 13.7. The number of nitrogens with zero attached hydrogens (tertiary/aromatic N) is 1. The number of sulfonamides is 1. The monoisotopic (exact) mass is 312 g/mol. The first-order valence-corrected chi connectivity index (χ1v) is 8.85.